The highest BCUT2D eigenvalue weighted by atomic mass is 35.5. The third kappa shape index (κ3) is 12.4. The smallest absolute Gasteiger partial charge is 0.292 e. The molecule has 7 heteroatoms. The molecule has 0 heterocycles. The Balaban J connectivity index is 0.000000830. The third-order valence-electron chi connectivity index (χ3n) is 6.40. The summed E-state index contributed by atoms with van der Waals surface area (Å²) in [6, 6.07) is 24.7. The number of hydrogen-bond donors (Lipinski definition) is 2. The number of alkyl halides is 1. The molecule has 0 unspecified atom stereocenters. The van der Waals surface area contributed by atoms with Crippen LogP contribution in [0.25, 0.3) is 17.2 Å². The van der Waals surface area contributed by atoms with Crippen LogP contribution in [0.4, 0.5) is 11.4 Å². The first-order valence-corrected chi connectivity index (χ1v) is 14.5. The van der Waals surface area contributed by atoms with Crippen LogP contribution in [-0.4, -0.2) is 32.1 Å². The predicted octanol–water partition coefficient (Wildman–Crippen LogP) is 8.38. The molecule has 1 aliphatic rings. The Hall–Kier alpha value is -3.90. The zero-order chi connectivity index (χ0) is 30.5. The van der Waals surface area contributed by atoms with Gasteiger partial charge in [-0.15, -0.1) is 11.6 Å². The second kappa shape index (κ2) is 20.9. The van der Waals surface area contributed by atoms with Crippen LogP contribution in [0.15, 0.2) is 78.9 Å². The van der Waals surface area contributed by atoms with Gasteiger partial charge < -0.3 is 20.8 Å². The summed E-state index contributed by atoms with van der Waals surface area (Å²) >= 11 is 4.64. The van der Waals surface area contributed by atoms with Gasteiger partial charge in [0.2, 0.25) is 5.91 Å². The average molecular weight is 578 g/mol. The average Bonchev–Trinajstić information content (AvgIpc) is 3.02. The summed E-state index contributed by atoms with van der Waals surface area (Å²) in [7, 11) is 1.31. The second-order valence-corrected chi connectivity index (χ2v) is 9.29. The van der Waals surface area contributed by atoms with Crippen molar-refractivity contribution < 1.29 is 14.3 Å². The van der Waals surface area contributed by atoms with Crippen molar-refractivity contribution in [1.82, 2.24) is 0 Å². The van der Waals surface area contributed by atoms with E-state index in [1.165, 1.54) is 26.1 Å². The van der Waals surface area contributed by atoms with Gasteiger partial charge in [0.1, 0.15) is 0 Å². The number of methoxy groups -OCH3 is 1. The highest BCUT2D eigenvalue weighted by Gasteiger charge is 2.27. The van der Waals surface area contributed by atoms with Gasteiger partial charge in [0, 0.05) is 23.7 Å². The number of nitrogens with one attached hydrogen (secondary N) is 1. The number of allylic oxidation sites excluding steroid dienone is 1. The normalized spacial score (nSPS) is 12.3. The number of benzene rings is 3. The minimum Gasteiger partial charge on any atom is -0.471 e. The SMILES string of the molecule is C/C=C/c1cccc(N(Cc2ccc(-c3ccc(N)cc3)cc2)C(=O)C2CCCCC2)c1.CC=N.CCl.COC=O. The fourth-order valence-electron chi connectivity index (χ4n) is 4.52. The standard InChI is InChI=1S/C29H32N2O.C2H5N.C2H4O2.CH3Cl/c1-2-7-22-8-6-11-28(20-22)31(29(32)26-9-4-3-5-10-26)21-23-12-14-24(15-13-23)25-16-18-27(30)19-17-25;1-2-3;1-4-2-3;1-2/h2,6-8,11-20,26H,3-5,9-10,21,30H2,1H3;2-3H,1H3;2H,1H3;1H3/b7-2+;;;. The van der Waals surface area contributed by atoms with Gasteiger partial charge >= 0.3 is 0 Å². The molecule has 3 aromatic carbocycles. The lowest BCUT2D eigenvalue weighted by molar-refractivity contribution is -0.126. The van der Waals surface area contributed by atoms with Crippen molar-refractivity contribution in [3.05, 3.63) is 90.0 Å². The molecule has 6 nitrogen and oxygen atoms in total. The number of halogens is 1. The molecule has 0 atom stereocenters. The summed E-state index contributed by atoms with van der Waals surface area (Å²) in [4.78, 5) is 24.5. The van der Waals surface area contributed by atoms with Crippen molar-refractivity contribution in [1.29, 1.82) is 5.41 Å². The van der Waals surface area contributed by atoms with Crippen LogP contribution in [0.5, 0.6) is 0 Å². The van der Waals surface area contributed by atoms with Gasteiger partial charge in [-0.05, 0) is 79.4 Å². The predicted molar refractivity (Wildman–Crippen MR) is 175 cm³/mol. The van der Waals surface area contributed by atoms with E-state index in [1.54, 1.807) is 6.92 Å². The molecule has 41 heavy (non-hydrogen) atoms. The van der Waals surface area contributed by atoms with Crippen molar-refractivity contribution in [2.45, 2.75) is 52.5 Å². The van der Waals surface area contributed by atoms with Crippen LogP contribution < -0.4 is 10.6 Å². The first-order chi connectivity index (χ1) is 20.0. The molecule has 0 radical (unpaired) electrons. The molecular weight excluding hydrogens is 534 g/mol. The van der Waals surface area contributed by atoms with Gasteiger partial charge in [-0.2, -0.15) is 0 Å². The van der Waals surface area contributed by atoms with Crippen LogP contribution >= 0.6 is 11.6 Å². The van der Waals surface area contributed by atoms with Gasteiger partial charge in [0.25, 0.3) is 6.47 Å². The number of carbonyl (C=O) groups excluding carboxylic acids is 2. The van der Waals surface area contributed by atoms with Crippen LogP contribution in [0.2, 0.25) is 0 Å². The second-order valence-electron chi connectivity index (χ2n) is 9.29. The maximum atomic E-state index is 13.6. The maximum absolute atomic E-state index is 13.6. The molecule has 0 spiro atoms. The Morgan fingerprint density at radius 1 is 0.976 bits per heavy atom. The molecule has 0 aromatic heterocycles. The van der Waals surface area contributed by atoms with E-state index in [2.05, 4.69) is 64.9 Å². The number of nitrogens with two attached hydrogens (primary N) is 1. The molecule has 3 N–H and O–H groups in total. The van der Waals surface area contributed by atoms with E-state index in [0.717, 1.165) is 59.3 Å². The zero-order valence-corrected chi connectivity index (χ0v) is 25.4. The summed E-state index contributed by atoms with van der Waals surface area (Å²) < 4.78 is 3.86. The van der Waals surface area contributed by atoms with Crippen LogP contribution in [0.3, 0.4) is 0 Å². The van der Waals surface area contributed by atoms with E-state index in [4.69, 9.17) is 15.9 Å². The van der Waals surface area contributed by atoms with E-state index >= 15 is 0 Å². The summed E-state index contributed by atoms with van der Waals surface area (Å²) in [5, 5.41) is 6.08. The van der Waals surface area contributed by atoms with Gasteiger partial charge in [-0.3, -0.25) is 9.59 Å². The van der Waals surface area contributed by atoms with E-state index in [9.17, 15) is 4.79 Å². The molecule has 0 bridgehead atoms. The summed E-state index contributed by atoms with van der Waals surface area (Å²) in [6.07, 6.45) is 12.4. The first kappa shape index (κ1) is 35.1. The third-order valence-corrected chi connectivity index (χ3v) is 6.40. The molecule has 1 saturated carbocycles. The van der Waals surface area contributed by atoms with Crippen molar-refractivity contribution >= 4 is 47.6 Å². The number of ether oxygens (including phenoxy) is 1. The van der Waals surface area contributed by atoms with Gasteiger partial charge in [-0.25, -0.2) is 0 Å². The maximum Gasteiger partial charge on any atom is 0.292 e. The van der Waals surface area contributed by atoms with Crippen LogP contribution in [0.1, 0.15) is 57.1 Å². The number of amides is 1. The highest BCUT2D eigenvalue weighted by molar-refractivity contribution is 6.15. The molecule has 1 fully saturated rings. The van der Waals surface area contributed by atoms with E-state index in [-0.39, 0.29) is 11.8 Å². The topological polar surface area (TPSA) is 96.5 Å². The van der Waals surface area contributed by atoms with Crippen molar-refractivity contribution in [3.8, 4) is 11.1 Å². The quantitative estimate of drug-likeness (QED) is 0.127. The fraction of sp³-hybridized carbons (Fsp3) is 0.324. The number of anilines is 2. The summed E-state index contributed by atoms with van der Waals surface area (Å²) in [5.41, 5.74) is 12.1. The summed E-state index contributed by atoms with van der Waals surface area (Å²) in [6.45, 7) is 4.64. The Bertz CT molecular complexity index is 1190. The van der Waals surface area contributed by atoms with Crippen molar-refractivity contribution in [3.63, 3.8) is 0 Å². The van der Waals surface area contributed by atoms with E-state index in [0.29, 0.717) is 13.0 Å². The van der Waals surface area contributed by atoms with Crippen LogP contribution in [0, 0.1) is 11.3 Å². The zero-order valence-electron chi connectivity index (χ0n) is 24.7. The first-order valence-electron chi connectivity index (χ1n) is 13.8. The fourth-order valence-corrected chi connectivity index (χ4v) is 4.52. The Labute approximate surface area is 250 Å². The number of nitrogens with zero attached hydrogens (tertiary/aromatic N) is 1. The minimum absolute atomic E-state index is 0.128. The largest absolute Gasteiger partial charge is 0.471 e. The Morgan fingerprint density at radius 2 is 1.51 bits per heavy atom. The Kier molecular flexibility index (Phi) is 17.9. The lowest BCUT2D eigenvalue weighted by atomic mass is 9.88. The lowest BCUT2D eigenvalue weighted by Gasteiger charge is -2.30. The monoisotopic (exact) mass is 577 g/mol. The molecule has 1 aliphatic carbocycles. The molecule has 220 valence electrons. The van der Waals surface area contributed by atoms with Gasteiger partial charge in [-0.1, -0.05) is 79.9 Å². The van der Waals surface area contributed by atoms with Gasteiger partial charge in [0.05, 0.1) is 13.7 Å². The van der Waals surface area contributed by atoms with E-state index < -0.39 is 0 Å². The molecule has 4 rings (SSSR count). The van der Waals surface area contributed by atoms with E-state index in [1.807, 2.05) is 48.2 Å². The molecule has 1 amide bonds. The molecular formula is C34H44ClN3O3. The van der Waals surface area contributed by atoms with Gasteiger partial charge in [0.15, 0.2) is 0 Å². The van der Waals surface area contributed by atoms with Crippen molar-refractivity contribution in [2.75, 3.05) is 24.1 Å². The minimum atomic E-state index is 0.128. The molecule has 0 saturated heterocycles. The number of carbonyl (C=O) groups is 2. The van der Waals surface area contributed by atoms with Crippen LogP contribution in [-0.2, 0) is 20.9 Å². The summed E-state index contributed by atoms with van der Waals surface area (Å²) in [5.74, 6) is 0.383. The Morgan fingerprint density at radius 3 is 2.02 bits per heavy atom. The van der Waals surface area contributed by atoms with Crippen molar-refractivity contribution in [2.24, 2.45) is 5.92 Å². The number of nitrogen functional groups attached to an aromatic ring is 1. The highest BCUT2D eigenvalue weighted by Crippen LogP contribution is 2.30. The number of rotatable bonds is 7. The molecule has 0 aliphatic heterocycles. The molecule has 3 aromatic rings. The lowest BCUT2D eigenvalue weighted by Crippen LogP contribution is -2.36. The number of hydrogen-bond acceptors (Lipinski definition) is 5.